The van der Waals surface area contributed by atoms with E-state index in [1.807, 2.05) is 0 Å². The first-order valence-corrected chi connectivity index (χ1v) is 12.0. The standard InChI is InChI=1S/C21H21F3N6O3S/c1-4-34(32,33)16-8-7-14(20(31)29(2)13-5-6-13)26-17(16)19-28-27-18(30(19)3)15-11-12(9-10-25-15)21(22,23)24/h7-11,13H,4-6H2,1-3H3. The van der Waals surface area contributed by atoms with E-state index in [1.54, 1.807) is 11.9 Å². The molecule has 0 spiro atoms. The topological polar surface area (TPSA) is 111 Å². The molecule has 0 unspecified atom stereocenters. The van der Waals surface area contributed by atoms with Gasteiger partial charge in [0.1, 0.15) is 17.1 Å². The van der Waals surface area contributed by atoms with E-state index in [9.17, 15) is 26.4 Å². The Morgan fingerprint density at radius 3 is 2.47 bits per heavy atom. The second-order valence-corrected chi connectivity index (χ2v) is 10.2. The first-order valence-electron chi connectivity index (χ1n) is 10.4. The van der Waals surface area contributed by atoms with Crippen LogP contribution in [0.25, 0.3) is 23.0 Å². The molecule has 0 radical (unpaired) electrons. The Bertz CT molecular complexity index is 1370. The van der Waals surface area contributed by atoms with Gasteiger partial charge in [0.15, 0.2) is 21.5 Å². The van der Waals surface area contributed by atoms with Gasteiger partial charge in [-0.2, -0.15) is 13.2 Å². The number of carbonyl (C=O) groups excluding carboxylic acids is 1. The Morgan fingerprint density at radius 1 is 1.18 bits per heavy atom. The molecule has 9 nitrogen and oxygen atoms in total. The molecule has 34 heavy (non-hydrogen) atoms. The van der Waals surface area contributed by atoms with E-state index in [0.717, 1.165) is 31.2 Å². The van der Waals surface area contributed by atoms with Crippen LogP contribution in [-0.2, 0) is 23.1 Å². The number of aromatic nitrogens is 5. The third-order valence-electron chi connectivity index (χ3n) is 5.61. The molecule has 0 aromatic carbocycles. The van der Waals surface area contributed by atoms with Crippen molar-refractivity contribution in [2.45, 2.75) is 36.9 Å². The number of sulfone groups is 1. The summed E-state index contributed by atoms with van der Waals surface area (Å²) in [5.74, 6) is -0.637. The van der Waals surface area contributed by atoms with E-state index in [2.05, 4.69) is 20.2 Å². The fourth-order valence-electron chi connectivity index (χ4n) is 3.43. The number of rotatable bonds is 6. The van der Waals surface area contributed by atoms with Gasteiger partial charge in [-0.25, -0.2) is 13.4 Å². The zero-order valence-corrected chi connectivity index (χ0v) is 19.4. The molecule has 4 rings (SSSR count). The van der Waals surface area contributed by atoms with Crippen molar-refractivity contribution in [2.75, 3.05) is 12.8 Å². The number of nitrogens with zero attached hydrogens (tertiary/aromatic N) is 6. The Labute approximate surface area is 193 Å². The van der Waals surface area contributed by atoms with Crippen LogP contribution in [0.4, 0.5) is 13.2 Å². The predicted molar refractivity (Wildman–Crippen MR) is 115 cm³/mol. The molecule has 0 atom stereocenters. The fraction of sp³-hybridized carbons (Fsp3) is 0.381. The molecule has 3 aromatic heterocycles. The highest BCUT2D eigenvalue weighted by Gasteiger charge is 2.33. The molecule has 180 valence electrons. The number of pyridine rings is 2. The van der Waals surface area contributed by atoms with E-state index in [1.165, 1.54) is 30.7 Å². The highest BCUT2D eigenvalue weighted by Crippen LogP contribution is 2.33. The first-order chi connectivity index (χ1) is 15.9. The largest absolute Gasteiger partial charge is 0.416 e. The van der Waals surface area contributed by atoms with Crippen molar-refractivity contribution in [3.8, 4) is 23.0 Å². The van der Waals surface area contributed by atoms with Crippen molar-refractivity contribution in [3.63, 3.8) is 0 Å². The molecule has 1 aliphatic rings. The average molecular weight is 494 g/mol. The second kappa shape index (κ2) is 8.46. The number of hydrogen-bond acceptors (Lipinski definition) is 7. The fourth-order valence-corrected chi connectivity index (χ4v) is 4.45. The summed E-state index contributed by atoms with van der Waals surface area (Å²) in [6.45, 7) is 1.47. The molecule has 13 heteroatoms. The highest BCUT2D eigenvalue weighted by molar-refractivity contribution is 7.91. The lowest BCUT2D eigenvalue weighted by Crippen LogP contribution is -2.29. The smallest absolute Gasteiger partial charge is 0.337 e. The quantitative estimate of drug-likeness (QED) is 0.518. The van der Waals surface area contributed by atoms with Gasteiger partial charge in [-0.15, -0.1) is 10.2 Å². The lowest BCUT2D eigenvalue weighted by Gasteiger charge is -2.17. The molecular weight excluding hydrogens is 473 g/mol. The molecule has 0 bridgehead atoms. The number of alkyl halides is 3. The van der Waals surface area contributed by atoms with Gasteiger partial charge in [0, 0.05) is 26.3 Å². The Hall–Kier alpha value is -3.35. The van der Waals surface area contributed by atoms with Crippen LogP contribution in [-0.4, -0.2) is 62.8 Å². The Morgan fingerprint density at radius 2 is 1.85 bits per heavy atom. The molecule has 0 saturated heterocycles. The van der Waals surface area contributed by atoms with Gasteiger partial charge in [0.2, 0.25) is 0 Å². The van der Waals surface area contributed by atoms with E-state index in [4.69, 9.17) is 0 Å². The minimum Gasteiger partial charge on any atom is -0.337 e. The van der Waals surface area contributed by atoms with E-state index >= 15 is 0 Å². The van der Waals surface area contributed by atoms with Crippen LogP contribution in [0.15, 0.2) is 35.4 Å². The van der Waals surface area contributed by atoms with Gasteiger partial charge in [-0.3, -0.25) is 9.78 Å². The summed E-state index contributed by atoms with van der Waals surface area (Å²) >= 11 is 0. The van der Waals surface area contributed by atoms with Gasteiger partial charge in [-0.05, 0) is 37.1 Å². The maximum atomic E-state index is 13.1. The molecule has 0 N–H and O–H groups in total. The number of amides is 1. The molecule has 0 aliphatic heterocycles. The molecule has 3 heterocycles. The number of halogens is 3. The van der Waals surface area contributed by atoms with Crippen LogP contribution in [0, 0.1) is 0 Å². The predicted octanol–water partition coefficient (Wildman–Crippen LogP) is 2.99. The van der Waals surface area contributed by atoms with E-state index in [-0.39, 0.29) is 51.3 Å². The van der Waals surface area contributed by atoms with Gasteiger partial charge < -0.3 is 9.47 Å². The van der Waals surface area contributed by atoms with Crippen molar-refractivity contribution in [3.05, 3.63) is 41.7 Å². The van der Waals surface area contributed by atoms with Gasteiger partial charge in [0.25, 0.3) is 5.91 Å². The lowest BCUT2D eigenvalue weighted by atomic mass is 10.2. The summed E-state index contributed by atoms with van der Waals surface area (Å²) in [5, 5.41) is 7.93. The van der Waals surface area contributed by atoms with Crippen molar-refractivity contribution >= 4 is 15.7 Å². The monoisotopic (exact) mass is 494 g/mol. The van der Waals surface area contributed by atoms with Gasteiger partial charge >= 0.3 is 6.18 Å². The molecule has 1 saturated carbocycles. The molecule has 3 aromatic rings. The minimum atomic E-state index is -4.58. The van der Waals surface area contributed by atoms with Crippen molar-refractivity contribution in [1.29, 1.82) is 0 Å². The summed E-state index contributed by atoms with van der Waals surface area (Å²) < 4.78 is 66.2. The van der Waals surface area contributed by atoms with Crippen LogP contribution in [0.2, 0.25) is 0 Å². The van der Waals surface area contributed by atoms with Gasteiger partial charge in [-0.1, -0.05) is 6.92 Å². The third-order valence-corrected chi connectivity index (χ3v) is 7.37. The average Bonchev–Trinajstić information content (AvgIpc) is 3.59. The Kier molecular flexibility index (Phi) is 5.92. The normalized spacial score (nSPS) is 14.3. The summed E-state index contributed by atoms with van der Waals surface area (Å²) in [6.07, 6.45) is -1.81. The minimum absolute atomic E-state index is 0.0189. The molecule has 1 amide bonds. The molecule has 1 fully saturated rings. The number of carbonyl (C=O) groups is 1. The summed E-state index contributed by atoms with van der Waals surface area (Å²) in [4.78, 5) is 22.5. The second-order valence-electron chi connectivity index (χ2n) is 7.93. The van der Waals surface area contributed by atoms with Crippen LogP contribution < -0.4 is 0 Å². The molecule has 1 aliphatic carbocycles. The van der Waals surface area contributed by atoms with Crippen molar-refractivity contribution < 1.29 is 26.4 Å². The SMILES string of the molecule is CCS(=O)(=O)c1ccc(C(=O)N(C)C2CC2)nc1-c1nnc(-c2cc(C(F)(F)F)ccn2)n1C. The number of hydrogen-bond donors (Lipinski definition) is 0. The maximum absolute atomic E-state index is 13.1. The first kappa shape index (κ1) is 23.8. The Balaban J connectivity index is 1.84. The van der Waals surface area contributed by atoms with Crippen molar-refractivity contribution in [2.24, 2.45) is 7.05 Å². The van der Waals surface area contributed by atoms with Crippen LogP contribution in [0.3, 0.4) is 0 Å². The molecular formula is C21H21F3N6O3S. The van der Waals surface area contributed by atoms with E-state index < -0.39 is 21.6 Å². The van der Waals surface area contributed by atoms with Crippen LogP contribution >= 0.6 is 0 Å². The van der Waals surface area contributed by atoms with Crippen LogP contribution in [0.5, 0.6) is 0 Å². The zero-order chi connectivity index (χ0) is 24.8. The van der Waals surface area contributed by atoms with Crippen LogP contribution in [0.1, 0.15) is 35.8 Å². The highest BCUT2D eigenvalue weighted by atomic mass is 32.2. The summed E-state index contributed by atoms with van der Waals surface area (Å²) in [7, 11) is -0.664. The van der Waals surface area contributed by atoms with Gasteiger partial charge in [0.05, 0.1) is 16.2 Å². The zero-order valence-electron chi connectivity index (χ0n) is 18.5. The van der Waals surface area contributed by atoms with Crippen molar-refractivity contribution in [1.82, 2.24) is 29.6 Å². The lowest BCUT2D eigenvalue weighted by molar-refractivity contribution is -0.137. The summed E-state index contributed by atoms with van der Waals surface area (Å²) in [6, 6.07) is 4.42. The maximum Gasteiger partial charge on any atom is 0.416 e. The van der Waals surface area contributed by atoms with E-state index in [0.29, 0.717) is 0 Å². The summed E-state index contributed by atoms with van der Waals surface area (Å²) in [5.41, 5.74) is -1.09. The third kappa shape index (κ3) is 4.39.